The zero-order valence-electron chi connectivity index (χ0n) is 8.46. The number of halogens is 1. The molecule has 0 aromatic heterocycles. The Morgan fingerprint density at radius 2 is 2.33 bits per heavy atom. The summed E-state index contributed by atoms with van der Waals surface area (Å²) in [5.41, 5.74) is 6.32. The Kier molecular flexibility index (Phi) is 3.85. The van der Waals surface area contributed by atoms with E-state index in [2.05, 4.69) is 5.32 Å². The van der Waals surface area contributed by atoms with Gasteiger partial charge in [0.2, 0.25) is 5.91 Å². The van der Waals surface area contributed by atoms with Crippen LogP contribution in [0.2, 0.25) is 0 Å². The molecule has 15 heavy (non-hydrogen) atoms. The summed E-state index contributed by atoms with van der Waals surface area (Å²) in [4.78, 5) is 10.5. The fourth-order valence-electron chi connectivity index (χ4n) is 1.06. The van der Waals surface area contributed by atoms with Crippen LogP contribution in [0.3, 0.4) is 0 Å². The van der Waals surface area contributed by atoms with Crippen LogP contribution in [0, 0.1) is 5.82 Å². The molecule has 1 rings (SSSR count). The summed E-state index contributed by atoms with van der Waals surface area (Å²) in [6, 6.07) is 4.48. The molecule has 0 aliphatic rings. The Hall–Kier alpha value is -1.84. The first-order chi connectivity index (χ1) is 7.09. The van der Waals surface area contributed by atoms with Crippen LogP contribution in [-0.2, 0) is 4.79 Å². The molecule has 0 atom stereocenters. The molecule has 1 aromatic rings. The zero-order chi connectivity index (χ0) is 11.3. The van der Waals surface area contributed by atoms with Crippen LogP contribution in [-0.4, -0.2) is 12.5 Å². The molecule has 3 nitrogen and oxygen atoms in total. The Balaban J connectivity index is 2.57. The van der Waals surface area contributed by atoms with Gasteiger partial charge in [-0.15, -0.1) is 0 Å². The molecule has 80 valence electrons. The fourth-order valence-corrected chi connectivity index (χ4v) is 1.06. The van der Waals surface area contributed by atoms with Crippen LogP contribution in [0.15, 0.2) is 24.3 Å². The van der Waals surface area contributed by atoms with E-state index >= 15 is 0 Å². The minimum absolute atomic E-state index is 0.0849. The molecule has 0 saturated carbocycles. The highest BCUT2D eigenvalue weighted by molar-refractivity contribution is 5.73. The first-order valence-corrected chi connectivity index (χ1v) is 4.55. The average molecular weight is 208 g/mol. The quantitative estimate of drug-likeness (QED) is 0.740. The predicted octanol–water partition coefficient (Wildman–Crippen LogP) is 1.56. The normalized spacial score (nSPS) is 10.5. The molecular formula is C11H13FN2O. The minimum atomic E-state index is -0.422. The highest BCUT2D eigenvalue weighted by Crippen LogP contribution is 2.12. The van der Waals surface area contributed by atoms with Crippen LogP contribution in [0.4, 0.5) is 10.1 Å². The summed E-state index contributed by atoms with van der Waals surface area (Å²) in [7, 11) is 0. The summed E-state index contributed by atoms with van der Waals surface area (Å²) in [6.45, 7) is 1.90. The number of rotatable bonds is 3. The largest absolute Gasteiger partial charge is 0.396 e. The van der Waals surface area contributed by atoms with Crippen molar-refractivity contribution < 1.29 is 9.18 Å². The van der Waals surface area contributed by atoms with Gasteiger partial charge in [-0.3, -0.25) is 4.79 Å². The molecule has 0 fully saturated rings. The summed E-state index contributed by atoms with van der Waals surface area (Å²) in [6.07, 6.45) is 3.54. The number of hydrogen-bond donors (Lipinski definition) is 2. The molecule has 0 radical (unpaired) electrons. The molecule has 0 saturated heterocycles. The van der Waals surface area contributed by atoms with Crippen LogP contribution in [0.25, 0.3) is 6.08 Å². The van der Waals surface area contributed by atoms with Crippen molar-refractivity contribution in [2.75, 3.05) is 12.3 Å². The standard InChI is InChI=1S/C11H13FN2O/c1-8(15)14-6-2-3-9-4-5-10(12)11(13)7-9/h2-5,7H,6,13H2,1H3,(H,14,15). The van der Waals surface area contributed by atoms with Crippen molar-refractivity contribution in [1.82, 2.24) is 5.32 Å². The number of nitrogens with one attached hydrogen (secondary N) is 1. The van der Waals surface area contributed by atoms with Crippen molar-refractivity contribution in [3.63, 3.8) is 0 Å². The van der Waals surface area contributed by atoms with E-state index in [4.69, 9.17) is 5.73 Å². The Morgan fingerprint density at radius 3 is 2.93 bits per heavy atom. The highest BCUT2D eigenvalue weighted by atomic mass is 19.1. The van der Waals surface area contributed by atoms with Crippen molar-refractivity contribution in [1.29, 1.82) is 0 Å². The third-order valence-electron chi connectivity index (χ3n) is 1.80. The first kappa shape index (κ1) is 11.2. The van der Waals surface area contributed by atoms with E-state index in [1.54, 1.807) is 24.3 Å². The first-order valence-electron chi connectivity index (χ1n) is 4.55. The topological polar surface area (TPSA) is 55.1 Å². The van der Waals surface area contributed by atoms with Crippen LogP contribution in [0.5, 0.6) is 0 Å². The van der Waals surface area contributed by atoms with Crippen molar-refractivity contribution in [2.45, 2.75) is 6.92 Å². The smallest absolute Gasteiger partial charge is 0.217 e. The molecule has 3 N–H and O–H groups in total. The Bertz CT molecular complexity index is 388. The maximum absolute atomic E-state index is 12.8. The summed E-state index contributed by atoms with van der Waals surface area (Å²) < 4.78 is 12.8. The van der Waals surface area contributed by atoms with Gasteiger partial charge in [-0.25, -0.2) is 4.39 Å². The van der Waals surface area contributed by atoms with Crippen molar-refractivity contribution in [3.8, 4) is 0 Å². The number of hydrogen-bond acceptors (Lipinski definition) is 2. The molecule has 1 amide bonds. The van der Waals surface area contributed by atoms with E-state index in [1.807, 2.05) is 0 Å². The van der Waals surface area contributed by atoms with E-state index in [9.17, 15) is 9.18 Å². The van der Waals surface area contributed by atoms with Gasteiger partial charge in [0.05, 0.1) is 5.69 Å². The van der Waals surface area contributed by atoms with Gasteiger partial charge in [0, 0.05) is 13.5 Å². The lowest BCUT2D eigenvalue weighted by Crippen LogP contribution is -2.19. The molecule has 0 unspecified atom stereocenters. The monoisotopic (exact) mass is 208 g/mol. The second-order valence-electron chi connectivity index (χ2n) is 3.12. The lowest BCUT2D eigenvalue weighted by Gasteiger charge is -1.98. The summed E-state index contributed by atoms with van der Waals surface area (Å²) in [5.74, 6) is -0.507. The summed E-state index contributed by atoms with van der Waals surface area (Å²) >= 11 is 0. The van der Waals surface area contributed by atoms with E-state index in [0.29, 0.717) is 6.54 Å². The van der Waals surface area contributed by atoms with Gasteiger partial charge in [-0.05, 0) is 17.7 Å². The summed E-state index contributed by atoms with van der Waals surface area (Å²) in [5, 5.41) is 2.61. The van der Waals surface area contributed by atoms with Gasteiger partial charge in [0.15, 0.2) is 0 Å². The van der Waals surface area contributed by atoms with Crippen molar-refractivity contribution >= 4 is 17.7 Å². The molecular weight excluding hydrogens is 195 g/mol. The van der Waals surface area contributed by atoms with Crippen molar-refractivity contribution in [2.24, 2.45) is 0 Å². The number of nitrogens with two attached hydrogens (primary N) is 1. The molecule has 0 aliphatic carbocycles. The van der Waals surface area contributed by atoms with E-state index in [0.717, 1.165) is 5.56 Å². The van der Waals surface area contributed by atoms with Gasteiger partial charge in [-0.2, -0.15) is 0 Å². The second-order valence-corrected chi connectivity index (χ2v) is 3.12. The van der Waals surface area contributed by atoms with Crippen LogP contribution < -0.4 is 11.1 Å². The number of nitrogen functional groups attached to an aromatic ring is 1. The van der Waals surface area contributed by atoms with Gasteiger partial charge in [-0.1, -0.05) is 18.2 Å². The molecule has 0 spiro atoms. The number of carbonyl (C=O) groups excluding carboxylic acids is 1. The predicted molar refractivity (Wildman–Crippen MR) is 58.5 cm³/mol. The fraction of sp³-hybridized carbons (Fsp3) is 0.182. The lowest BCUT2D eigenvalue weighted by molar-refractivity contribution is -0.118. The third kappa shape index (κ3) is 3.81. The third-order valence-corrected chi connectivity index (χ3v) is 1.80. The Morgan fingerprint density at radius 1 is 1.60 bits per heavy atom. The number of benzene rings is 1. The molecule has 0 heterocycles. The minimum Gasteiger partial charge on any atom is -0.396 e. The van der Waals surface area contributed by atoms with Gasteiger partial charge < -0.3 is 11.1 Å². The van der Waals surface area contributed by atoms with Crippen LogP contribution >= 0.6 is 0 Å². The van der Waals surface area contributed by atoms with Crippen LogP contribution in [0.1, 0.15) is 12.5 Å². The molecule has 0 bridgehead atoms. The van der Waals surface area contributed by atoms with E-state index in [1.165, 1.54) is 13.0 Å². The molecule has 1 aromatic carbocycles. The average Bonchev–Trinajstić information content (AvgIpc) is 2.18. The van der Waals surface area contributed by atoms with Gasteiger partial charge in [0.25, 0.3) is 0 Å². The lowest BCUT2D eigenvalue weighted by atomic mass is 10.2. The second kappa shape index (κ2) is 5.14. The maximum atomic E-state index is 12.8. The number of anilines is 1. The molecule has 4 heteroatoms. The van der Waals surface area contributed by atoms with Crippen molar-refractivity contribution in [3.05, 3.63) is 35.7 Å². The molecule has 0 aliphatic heterocycles. The SMILES string of the molecule is CC(=O)NCC=Cc1ccc(F)c(N)c1. The highest BCUT2D eigenvalue weighted by Gasteiger charge is 1.96. The zero-order valence-corrected chi connectivity index (χ0v) is 8.46. The van der Waals surface area contributed by atoms with E-state index in [-0.39, 0.29) is 11.6 Å². The Labute approximate surface area is 87.8 Å². The van der Waals surface area contributed by atoms with Gasteiger partial charge >= 0.3 is 0 Å². The van der Waals surface area contributed by atoms with E-state index < -0.39 is 5.82 Å². The van der Waals surface area contributed by atoms with Gasteiger partial charge in [0.1, 0.15) is 5.82 Å². The maximum Gasteiger partial charge on any atom is 0.217 e. The number of carbonyl (C=O) groups is 1. The number of amides is 1.